The fourth-order valence-electron chi connectivity index (χ4n) is 2.64. The quantitative estimate of drug-likeness (QED) is 0.780. The summed E-state index contributed by atoms with van der Waals surface area (Å²) < 4.78 is 0. The lowest BCUT2D eigenvalue weighted by atomic mass is 9.86. The molecule has 0 aromatic heterocycles. The summed E-state index contributed by atoms with van der Waals surface area (Å²) in [5.41, 5.74) is 14.8. The maximum Gasteiger partial charge on any atom is 0.241 e. The van der Waals surface area contributed by atoms with Crippen LogP contribution in [0, 0.1) is 0 Å². The molecule has 0 atom stereocenters. The van der Waals surface area contributed by atoms with Crippen LogP contribution in [-0.4, -0.2) is 5.91 Å². The normalized spacial score (nSPS) is 16.3. The van der Waals surface area contributed by atoms with E-state index in [0.717, 1.165) is 16.9 Å². The lowest BCUT2D eigenvalue weighted by Crippen LogP contribution is -2.33. The Morgan fingerprint density at radius 2 is 1.60 bits per heavy atom. The van der Waals surface area contributed by atoms with Crippen molar-refractivity contribution in [2.75, 3.05) is 16.4 Å². The fourth-order valence-corrected chi connectivity index (χ4v) is 2.64. The van der Waals surface area contributed by atoms with Crippen molar-refractivity contribution >= 4 is 28.7 Å². The van der Waals surface area contributed by atoms with Crippen molar-refractivity contribution in [1.82, 2.24) is 0 Å². The number of hydrogen-bond donors (Lipinski definition) is 2. The highest BCUT2D eigenvalue weighted by Crippen LogP contribution is 2.47. The Morgan fingerprint density at radius 3 is 2.25 bits per heavy atom. The smallest absolute Gasteiger partial charge is 0.241 e. The van der Waals surface area contributed by atoms with Crippen molar-refractivity contribution in [3.05, 3.63) is 48.0 Å². The van der Waals surface area contributed by atoms with Crippen LogP contribution < -0.4 is 16.4 Å². The molecule has 20 heavy (non-hydrogen) atoms. The number of rotatable bonds is 1. The van der Waals surface area contributed by atoms with Crippen LogP contribution in [0.5, 0.6) is 0 Å². The minimum Gasteiger partial charge on any atom is -0.397 e. The Morgan fingerprint density at radius 1 is 1.00 bits per heavy atom. The third-order valence-electron chi connectivity index (χ3n) is 3.87. The van der Waals surface area contributed by atoms with Gasteiger partial charge in [-0.15, -0.1) is 0 Å². The Kier molecular flexibility index (Phi) is 2.51. The molecule has 2 aromatic carbocycles. The largest absolute Gasteiger partial charge is 0.397 e. The van der Waals surface area contributed by atoms with E-state index in [1.165, 1.54) is 0 Å². The molecule has 0 saturated carbocycles. The van der Waals surface area contributed by atoms with Crippen molar-refractivity contribution in [1.29, 1.82) is 0 Å². The molecular weight excluding hydrogens is 250 g/mol. The maximum absolute atomic E-state index is 12.8. The van der Waals surface area contributed by atoms with Crippen LogP contribution in [0.1, 0.15) is 19.4 Å². The summed E-state index contributed by atoms with van der Waals surface area (Å²) in [6.45, 7) is 3.82. The number of amides is 1. The molecule has 0 unspecified atom stereocenters. The van der Waals surface area contributed by atoms with Crippen LogP contribution in [0.4, 0.5) is 22.7 Å². The number of carbonyl (C=O) groups is 1. The molecule has 2 aromatic rings. The summed E-state index contributed by atoms with van der Waals surface area (Å²) in [7, 11) is 0. The van der Waals surface area contributed by atoms with E-state index in [-0.39, 0.29) is 5.91 Å². The average molecular weight is 267 g/mol. The van der Waals surface area contributed by atoms with E-state index in [0.29, 0.717) is 11.4 Å². The standard InChI is InChI=1S/C16H17N3O/c1-16(2)11-8-12(17)13(18)9-14(11)19(15(16)20)10-6-4-3-5-7-10/h3-9H,17-18H2,1-2H3. The Labute approximate surface area is 118 Å². The minimum atomic E-state index is -0.604. The van der Waals surface area contributed by atoms with Gasteiger partial charge in [-0.2, -0.15) is 0 Å². The summed E-state index contributed by atoms with van der Waals surface area (Å²) in [5, 5.41) is 0. The molecule has 1 amide bonds. The first-order valence-corrected chi connectivity index (χ1v) is 6.52. The second kappa shape index (κ2) is 4.00. The molecule has 0 bridgehead atoms. The van der Waals surface area contributed by atoms with Gasteiger partial charge in [0.05, 0.1) is 22.5 Å². The first-order valence-electron chi connectivity index (χ1n) is 6.52. The zero-order chi connectivity index (χ0) is 14.5. The van der Waals surface area contributed by atoms with Crippen molar-refractivity contribution in [3.63, 3.8) is 0 Å². The first-order chi connectivity index (χ1) is 9.43. The van der Waals surface area contributed by atoms with Gasteiger partial charge in [0.25, 0.3) is 0 Å². The van der Waals surface area contributed by atoms with E-state index in [4.69, 9.17) is 11.5 Å². The number of fused-ring (bicyclic) bond motifs is 1. The lowest BCUT2D eigenvalue weighted by Gasteiger charge is -2.20. The van der Waals surface area contributed by atoms with Crippen LogP contribution in [0.2, 0.25) is 0 Å². The molecule has 1 heterocycles. The highest BCUT2D eigenvalue weighted by atomic mass is 16.2. The Balaban J connectivity index is 2.26. The number of nitrogen functional groups attached to an aromatic ring is 2. The molecular formula is C16H17N3O. The minimum absolute atomic E-state index is 0.0312. The average Bonchev–Trinajstić information content (AvgIpc) is 2.60. The molecule has 1 aliphatic rings. The highest BCUT2D eigenvalue weighted by molar-refractivity contribution is 6.13. The third-order valence-corrected chi connectivity index (χ3v) is 3.87. The van der Waals surface area contributed by atoms with Gasteiger partial charge in [0.2, 0.25) is 5.91 Å². The molecule has 102 valence electrons. The predicted octanol–water partition coefficient (Wildman–Crippen LogP) is 2.81. The highest BCUT2D eigenvalue weighted by Gasteiger charge is 2.44. The number of nitrogens with zero attached hydrogens (tertiary/aromatic N) is 1. The number of para-hydroxylation sites is 1. The number of anilines is 4. The molecule has 1 aliphatic heterocycles. The van der Waals surface area contributed by atoms with Gasteiger partial charge in [-0.1, -0.05) is 18.2 Å². The van der Waals surface area contributed by atoms with Crippen LogP contribution in [0.3, 0.4) is 0 Å². The molecule has 4 heteroatoms. The lowest BCUT2D eigenvalue weighted by molar-refractivity contribution is -0.121. The van der Waals surface area contributed by atoms with Gasteiger partial charge in [0.15, 0.2) is 0 Å². The van der Waals surface area contributed by atoms with Crippen LogP contribution in [0.25, 0.3) is 0 Å². The maximum atomic E-state index is 12.8. The van der Waals surface area contributed by atoms with Gasteiger partial charge in [-0.05, 0) is 43.7 Å². The SMILES string of the molecule is CC1(C)C(=O)N(c2ccccc2)c2cc(N)c(N)cc21. The van der Waals surface area contributed by atoms with E-state index in [1.54, 1.807) is 11.0 Å². The monoisotopic (exact) mass is 267 g/mol. The van der Waals surface area contributed by atoms with E-state index in [2.05, 4.69) is 0 Å². The Bertz CT molecular complexity index is 692. The van der Waals surface area contributed by atoms with Crippen molar-refractivity contribution in [3.8, 4) is 0 Å². The Hall–Kier alpha value is -2.49. The summed E-state index contributed by atoms with van der Waals surface area (Å²) in [6, 6.07) is 13.2. The fraction of sp³-hybridized carbons (Fsp3) is 0.188. The topological polar surface area (TPSA) is 72.3 Å². The van der Waals surface area contributed by atoms with Crippen molar-refractivity contribution in [2.24, 2.45) is 0 Å². The van der Waals surface area contributed by atoms with Crippen LogP contribution in [0.15, 0.2) is 42.5 Å². The second-order valence-corrected chi connectivity index (χ2v) is 5.60. The molecule has 0 aliphatic carbocycles. The molecule has 3 rings (SSSR count). The van der Waals surface area contributed by atoms with E-state index in [9.17, 15) is 4.79 Å². The van der Waals surface area contributed by atoms with E-state index < -0.39 is 5.41 Å². The predicted molar refractivity (Wildman–Crippen MR) is 81.9 cm³/mol. The van der Waals surface area contributed by atoms with Gasteiger partial charge in [-0.25, -0.2) is 0 Å². The first kappa shape index (κ1) is 12.5. The molecule has 0 fully saturated rings. The molecule has 0 spiro atoms. The second-order valence-electron chi connectivity index (χ2n) is 5.60. The number of hydrogen-bond acceptors (Lipinski definition) is 3. The van der Waals surface area contributed by atoms with Gasteiger partial charge in [0.1, 0.15) is 0 Å². The number of carbonyl (C=O) groups excluding carboxylic acids is 1. The summed E-state index contributed by atoms with van der Waals surface area (Å²) in [4.78, 5) is 14.5. The van der Waals surface area contributed by atoms with Crippen molar-refractivity contribution < 1.29 is 4.79 Å². The van der Waals surface area contributed by atoms with Crippen molar-refractivity contribution in [2.45, 2.75) is 19.3 Å². The van der Waals surface area contributed by atoms with Crippen LogP contribution in [-0.2, 0) is 10.2 Å². The van der Waals surface area contributed by atoms with Gasteiger partial charge in [-0.3, -0.25) is 9.69 Å². The van der Waals surface area contributed by atoms with Gasteiger partial charge in [0, 0.05) is 5.69 Å². The number of benzene rings is 2. The molecule has 4 nitrogen and oxygen atoms in total. The number of nitrogens with two attached hydrogens (primary N) is 2. The summed E-state index contributed by atoms with van der Waals surface area (Å²) in [6.07, 6.45) is 0. The molecule has 0 saturated heterocycles. The van der Waals surface area contributed by atoms with E-state index in [1.807, 2.05) is 50.2 Å². The molecule has 4 N–H and O–H groups in total. The summed E-state index contributed by atoms with van der Waals surface area (Å²) >= 11 is 0. The van der Waals surface area contributed by atoms with E-state index >= 15 is 0 Å². The third kappa shape index (κ3) is 1.58. The molecule has 0 radical (unpaired) electrons. The van der Waals surface area contributed by atoms with Gasteiger partial charge >= 0.3 is 0 Å². The zero-order valence-electron chi connectivity index (χ0n) is 11.6. The van der Waals surface area contributed by atoms with Crippen LogP contribution >= 0.6 is 0 Å². The van der Waals surface area contributed by atoms with Gasteiger partial charge < -0.3 is 11.5 Å². The zero-order valence-corrected chi connectivity index (χ0v) is 11.6. The summed E-state index contributed by atoms with van der Waals surface area (Å²) in [5.74, 6) is 0.0312.